The zero-order valence-electron chi connectivity index (χ0n) is 12.2. The van der Waals surface area contributed by atoms with Crippen LogP contribution in [0.5, 0.6) is 0 Å². The van der Waals surface area contributed by atoms with E-state index in [9.17, 15) is 27.9 Å². The van der Waals surface area contributed by atoms with Crippen molar-refractivity contribution in [3.63, 3.8) is 0 Å². The van der Waals surface area contributed by atoms with Crippen LogP contribution < -0.4 is 0 Å². The number of carboxylic acids is 1. The lowest BCUT2D eigenvalue weighted by atomic mass is 9.91. The third-order valence-electron chi connectivity index (χ3n) is 3.57. The highest BCUT2D eigenvalue weighted by molar-refractivity contribution is 5.83. The van der Waals surface area contributed by atoms with E-state index in [4.69, 9.17) is 0 Å². The van der Waals surface area contributed by atoms with Crippen molar-refractivity contribution in [3.05, 3.63) is 0 Å². The fourth-order valence-corrected chi connectivity index (χ4v) is 2.69. The number of carbonyl (C=O) groups excluding carboxylic acids is 1. The van der Waals surface area contributed by atoms with Crippen molar-refractivity contribution in [3.8, 4) is 0 Å². The summed E-state index contributed by atoms with van der Waals surface area (Å²) in [4.78, 5) is 25.4. The van der Waals surface area contributed by atoms with Crippen molar-refractivity contribution in [1.29, 1.82) is 0 Å². The maximum atomic E-state index is 12.6. The van der Waals surface area contributed by atoms with Gasteiger partial charge >= 0.3 is 18.2 Å². The summed E-state index contributed by atoms with van der Waals surface area (Å²) in [5.74, 6) is -1.44. The van der Waals surface area contributed by atoms with E-state index in [1.54, 1.807) is 13.8 Å². The van der Waals surface area contributed by atoms with Crippen molar-refractivity contribution < 1.29 is 27.9 Å². The van der Waals surface area contributed by atoms with E-state index in [1.807, 2.05) is 0 Å². The fraction of sp³-hybridized carbons (Fsp3) is 0.846. The minimum atomic E-state index is -4.50. The van der Waals surface area contributed by atoms with Crippen molar-refractivity contribution in [2.45, 2.75) is 45.3 Å². The molecule has 8 heteroatoms. The lowest BCUT2D eigenvalue weighted by molar-refractivity contribution is -0.147. The van der Waals surface area contributed by atoms with Gasteiger partial charge in [-0.05, 0) is 25.2 Å². The number of halogens is 3. The minimum absolute atomic E-state index is 0.0461. The van der Waals surface area contributed by atoms with E-state index in [1.165, 1.54) is 0 Å². The van der Waals surface area contributed by atoms with Gasteiger partial charge in [0.05, 0.1) is 0 Å². The Balaban J connectivity index is 2.92. The van der Waals surface area contributed by atoms with Gasteiger partial charge in [0.25, 0.3) is 0 Å². The number of rotatable bonds is 4. The van der Waals surface area contributed by atoms with Gasteiger partial charge in [0.15, 0.2) is 0 Å². The first-order valence-electron chi connectivity index (χ1n) is 7.02. The smallest absolute Gasteiger partial charge is 0.406 e. The molecule has 1 saturated heterocycles. The molecule has 1 rings (SSSR count). The Labute approximate surface area is 121 Å². The van der Waals surface area contributed by atoms with Crippen molar-refractivity contribution in [2.75, 3.05) is 19.6 Å². The second kappa shape index (κ2) is 7.00. The Morgan fingerprint density at radius 1 is 1.38 bits per heavy atom. The monoisotopic (exact) mass is 310 g/mol. The fourth-order valence-electron chi connectivity index (χ4n) is 2.69. The van der Waals surface area contributed by atoms with E-state index in [0.717, 1.165) is 4.90 Å². The number of alkyl halides is 3. The Kier molecular flexibility index (Phi) is 5.86. The normalized spacial score (nSPS) is 23.0. The SMILES string of the molecule is CCCN(CC(F)(F)F)C(=O)N1CCCC(C)C1C(=O)O. The van der Waals surface area contributed by atoms with Crippen LogP contribution in [0.4, 0.5) is 18.0 Å². The Morgan fingerprint density at radius 2 is 2.00 bits per heavy atom. The summed E-state index contributed by atoms with van der Waals surface area (Å²) < 4.78 is 37.7. The number of likely N-dealkylation sites (tertiary alicyclic amines) is 1. The summed E-state index contributed by atoms with van der Waals surface area (Å²) >= 11 is 0. The molecule has 0 aliphatic carbocycles. The molecule has 1 aliphatic heterocycles. The van der Waals surface area contributed by atoms with Gasteiger partial charge in [-0.15, -0.1) is 0 Å². The molecular formula is C13H21F3N2O3. The van der Waals surface area contributed by atoms with Crippen LogP contribution in [-0.4, -0.2) is 58.8 Å². The summed E-state index contributed by atoms with van der Waals surface area (Å²) in [6, 6.07) is -1.90. The van der Waals surface area contributed by atoms with E-state index >= 15 is 0 Å². The molecule has 0 aromatic carbocycles. The summed E-state index contributed by atoms with van der Waals surface area (Å²) in [5, 5.41) is 9.24. The van der Waals surface area contributed by atoms with Gasteiger partial charge < -0.3 is 14.9 Å². The molecule has 21 heavy (non-hydrogen) atoms. The topological polar surface area (TPSA) is 60.9 Å². The molecule has 1 fully saturated rings. The zero-order chi connectivity index (χ0) is 16.2. The highest BCUT2D eigenvalue weighted by Crippen LogP contribution is 2.26. The van der Waals surface area contributed by atoms with Gasteiger partial charge in [-0.3, -0.25) is 0 Å². The van der Waals surface area contributed by atoms with Gasteiger partial charge in [-0.2, -0.15) is 13.2 Å². The molecule has 2 amide bonds. The number of urea groups is 1. The summed E-state index contributed by atoms with van der Waals surface area (Å²) in [6.07, 6.45) is -2.87. The van der Waals surface area contributed by atoms with Crippen LogP contribution in [0.25, 0.3) is 0 Å². The van der Waals surface area contributed by atoms with E-state index in [2.05, 4.69) is 0 Å². The zero-order valence-corrected chi connectivity index (χ0v) is 12.2. The molecule has 1 aliphatic rings. The number of carboxylic acid groups (broad SMARTS) is 1. The lowest BCUT2D eigenvalue weighted by Crippen LogP contribution is -2.57. The van der Waals surface area contributed by atoms with Gasteiger partial charge in [0, 0.05) is 13.1 Å². The number of aliphatic carboxylic acids is 1. The molecule has 0 radical (unpaired) electrons. The third-order valence-corrected chi connectivity index (χ3v) is 3.57. The predicted molar refractivity (Wildman–Crippen MR) is 69.8 cm³/mol. The van der Waals surface area contributed by atoms with E-state index in [0.29, 0.717) is 24.2 Å². The largest absolute Gasteiger partial charge is 0.480 e. The number of piperidine rings is 1. The van der Waals surface area contributed by atoms with Crippen LogP contribution in [0, 0.1) is 5.92 Å². The maximum Gasteiger partial charge on any atom is 0.406 e. The van der Waals surface area contributed by atoms with Crippen molar-refractivity contribution in [2.24, 2.45) is 5.92 Å². The average molecular weight is 310 g/mol. The molecule has 1 heterocycles. The van der Waals surface area contributed by atoms with Crippen LogP contribution in [0.15, 0.2) is 0 Å². The molecule has 122 valence electrons. The number of amides is 2. The minimum Gasteiger partial charge on any atom is -0.480 e. The lowest BCUT2D eigenvalue weighted by Gasteiger charge is -2.40. The van der Waals surface area contributed by atoms with Crippen LogP contribution >= 0.6 is 0 Å². The molecule has 2 unspecified atom stereocenters. The van der Waals surface area contributed by atoms with Crippen molar-refractivity contribution >= 4 is 12.0 Å². The first kappa shape index (κ1) is 17.6. The third kappa shape index (κ3) is 4.78. The number of hydrogen-bond donors (Lipinski definition) is 1. The highest BCUT2D eigenvalue weighted by Gasteiger charge is 2.41. The molecule has 0 saturated carbocycles. The Bertz CT molecular complexity index is 387. The maximum absolute atomic E-state index is 12.6. The molecule has 0 aromatic heterocycles. The highest BCUT2D eigenvalue weighted by atomic mass is 19.4. The van der Waals surface area contributed by atoms with Gasteiger partial charge in [0.2, 0.25) is 0 Å². The van der Waals surface area contributed by atoms with Crippen LogP contribution in [0.2, 0.25) is 0 Å². The summed E-state index contributed by atoms with van der Waals surface area (Å²) in [6.45, 7) is 2.15. The van der Waals surface area contributed by atoms with Crippen molar-refractivity contribution in [1.82, 2.24) is 9.80 Å². The summed E-state index contributed by atoms with van der Waals surface area (Å²) in [7, 11) is 0. The first-order valence-corrected chi connectivity index (χ1v) is 7.02. The van der Waals surface area contributed by atoms with Gasteiger partial charge in [-0.1, -0.05) is 13.8 Å². The van der Waals surface area contributed by atoms with Gasteiger partial charge in [-0.25, -0.2) is 9.59 Å². The Morgan fingerprint density at radius 3 is 2.48 bits per heavy atom. The molecule has 1 N–H and O–H groups in total. The van der Waals surface area contributed by atoms with Crippen LogP contribution in [-0.2, 0) is 4.79 Å². The molecule has 0 aromatic rings. The molecule has 0 spiro atoms. The number of carbonyl (C=O) groups is 2. The quantitative estimate of drug-likeness (QED) is 0.868. The second-order valence-electron chi connectivity index (χ2n) is 5.42. The standard InChI is InChI=1S/C13H21F3N2O3/c1-3-6-17(8-13(14,15)16)12(21)18-7-4-5-9(2)10(18)11(19)20/h9-10H,3-8H2,1-2H3,(H,19,20). The van der Waals surface area contributed by atoms with Crippen LogP contribution in [0.1, 0.15) is 33.1 Å². The summed E-state index contributed by atoms with van der Waals surface area (Å²) in [5.41, 5.74) is 0. The average Bonchev–Trinajstić information content (AvgIpc) is 2.35. The second-order valence-corrected chi connectivity index (χ2v) is 5.42. The molecular weight excluding hydrogens is 289 g/mol. The number of hydrogen-bond acceptors (Lipinski definition) is 2. The molecule has 0 bridgehead atoms. The Hall–Kier alpha value is -1.47. The first-order chi connectivity index (χ1) is 9.67. The van der Waals surface area contributed by atoms with Crippen LogP contribution in [0.3, 0.4) is 0 Å². The van der Waals surface area contributed by atoms with E-state index < -0.39 is 30.8 Å². The van der Waals surface area contributed by atoms with E-state index in [-0.39, 0.29) is 19.0 Å². The number of nitrogens with zero attached hydrogens (tertiary/aromatic N) is 2. The van der Waals surface area contributed by atoms with Gasteiger partial charge in [0.1, 0.15) is 12.6 Å². The predicted octanol–water partition coefficient (Wildman–Crippen LogP) is 2.57. The molecule has 2 atom stereocenters. The molecule has 5 nitrogen and oxygen atoms in total.